The van der Waals surface area contributed by atoms with Crippen molar-refractivity contribution in [2.45, 2.75) is 26.2 Å². The lowest BCUT2D eigenvalue weighted by molar-refractivity contribution is 0.627. The molecule has 0 N–H and O–H groups in total. The van der Waals surface area contributed by atoms with Crippen molar-refractivity contribution in [1.29, 1.82) is 0 Å². The SMILES string of the molecule is CC(C)c1csc(Cc2ccc(F)cc2Cl)n1. The Kier molecular flexibility index (Phi) is 3.79. The zero-order chi connectivity index (χ0) is 12.4. The topological polar surface area (TPSA) is 12.9 Å². The Morgan fingerprint density at radius 2 is 2.18 bits per heavy atom. The van der Waals surface area contributed by atoms with Gasteiger partial charge < -0.3 is 0 Å². The van der Waals surface area contributed by atoms with E-state index in [2.05, 4.69) is 24.2 Å². The van der Waals surface area contributed by atoms with Gasteiger partial charge in [0.25, 0.3) is 0 Å². The van der Waals surface area contributed by atoms with Crippen LogP contribution in [0.15, 0.2) is 23.6 Å². The molecule has 2 aromatic rings. The van der Waals surface area contributed by atoms with E-state index in [0.29, 0.717) is 17.4 Å². The molecule has 2 rings (SSSR count). The van der Waals surface area contributed by atoms with E-state index in [0.717, 1.165) is 16.3 Å². The number of thiazole rings is 1. The van der Waals surface area contributed by atoms with E-state index >= 15 is 0 Å². The van der Waals surface area contributed by atoms with Crippen LogP contribution in [0.4, 0.5) is 4.39 Å². The molecule has 0 unspecified atom stereocenters. The van der Waals surface area contributed by atoms with Crippen LogP contribution in [0.5, 0.6) is 0 Å². The lowest BCUT2D eigenvalue weighted by Crippen LogP contribution is -1.92. The summed E-state index contributed by atoms with van der Waals surface area (Å²) in [4.78, 5) is 4.53. The van der Waals surface area contributed by atoms with Gasteiger partial charge in [0.1, 0.15) is 5.82 Å². The number of halogens is 2. The molecule has 4 heteroatoms. The van der Waals surface area contributed by atoms with Gasteiger partial charge in [-0.3, -0.25) is 0 Å². The fraction of sp³-hybridized carbons (Fsp3) is 0.308. The highest BCUT2D eigenvalue weighted by Crippen LogP contribution is 2.24. The Labute approximate surface area is 109 Å². The van der Waals surface area contributed by atoms with Gasteiger partial charge in [0, 0.05) is 16.8 Å². The minimum Gasteiger partial charge on any atom is -0.246 e. The first-order chi connectivity index (χ1) is 8.06. The van der Waals surface area contributed by atoms with Gasteiger partial charge in [-0.05, 0) is 23.6 Å². The summed E-state index contributed by atoms with van der Waals surface area (Å²) < 4.78 is 12.9. The second kappa shape index (κ2) is 5.15. The van der Waals surface area contributed by atoms with E-state index in [1.807, 2.05) is 0 Å². The minimum atomic E-state index is -0.305. The Bertz CT molecular complexity index is 522. The van der Waals surface area contributed by atoms with Crippen molar-refractivity contribution in [2.75, 3.05) is 0 Å². The summed E-state index contributed by atoms with van der Waals surface area (Å²) in [5, 5.41) is 3.55. The number of hydrogen-bond acceptors (Lipinski definition) is 2. The predicted molar refractivity (Wildman–Crippen MR) is 70.4 cm³/mol. The fourth-order valence-electron chi connectivity index (χ4n) is 1.50. The van der Waals surface area contributed by atoms with E-state index in [9.17, 15) is 4.39 Å². The van der Waals surface area contributed by atoms with Crippen LogP contribution in [0.1, 0.15) is 36.0 Å². The molecule has 0 aliphatic carbocycles. The van der Waals surface area contributed by atoms with Crippen LogP contribution in [0.2, 0.25) is 5.02 Å². The summed E-state index contributed by atoms with van der Waals surface area (Å²) in [5.74, 6) is 0.129. The first-order valence-corrected chi connectivity index (χ1v) is 6.70. The fourth-order valence-corrected chi connectivity index (χ4v) is 2.71. The zero-order valence-electron chi connectivity index (χ0n) is 9.71. The molecule has 1 aromatic heterocycles. The maximum Gasteiger partial charge on any atom is 0.124 e. The third-order valence-electron chi connectivity index (χ3n) is 2.52. The van der Waals surface area contributed by atoms with Crippen molar-refractivity contribution in [3.63, 3.8) is 0 Å². The smallest absolute Gasteiger partial charge is 0.124 e. The van der Waals surface area contributed by atoms with Gasteiger partial charge in [-0.25, -0.2) is 9.37 Å². The van der Waals surface area contributed by atoms with Crippen molar-refractivity contribution in [3.05, 3.63) is 50.7 Å². The Hall–Kier alpha value is -0.930. The molecule has 1 heterocycles. The summed E-state index contributed by atoms with van der Waals surface area (Å²) in [6, 6.07) is 4.49. The van der Waals surface area contributed by atoms with Crippen LogP contribution >= 0.6 is 22.9 Å². The van der Waals surface area contributed by atoms with Crippen molar-refractivity contribution >= 4 is 22.9 Å². The number of hydrogen-bond donors (Lipinski definition) is 0. The lowest BCUT2D eigenvalue weighted by Gasteiger charge is -2.02. The Morgan fingerprint density at radius 3 is 2.76 bits per heavy atom. The molecule has 0 radical (unpaired) electrons. The maximum absolute atomic E-state index is 12.9. The third kappa shape index (κ3) is 3.05. The summed E-state index contributed by atoms with van der Waals surface area (Å²) in [5.41, 5.74) is 2.01. The van der Waals surface area contributed by atoms with E-state index in [-0.39, 0.29) is 5.82 Å². The van der Waals surface area contributed by atoms with Crippen LogP contribution in [0.25, 0.3) is 0 Å². The molecule has 0 atom stereocenters. The molecule has 1 nitrogen and oxygen atoms in total. The van der Waals surface area contributed by atoms with Gasteiger partial charge in [-0.2, -0.15) is 0 Å². The van der Waals surface area contributed by atoms with Gasteiger partial charge in [-0.15, -0.1) is 11.3 Å². The first kappa shape index (κ1) is 12.5. The molecule has 0 spiro atoms. The van der Waals surface area contributed by atoms with Gasteiger partial charge in [0.05, 0.1) is 10.7 Å². The minimum absolute atomic E-state index is 0.305. The normalized spacial score (nSPS) is 11.1. The van der Waals surface area contributed by atoms with Crippen LogP contribution in [-0.2, 0) is 6.42 Å². The molecule has 90 valence electrons. The molecule has 0 aliphatic rings. The highest BCUT2D eigenvalue weighted by atomic mass is 35.5. The molecule has 0 saturated heterocycles. The summed E-state index contributed by atoms with van der Waals surface area (Å²) in [6.45, 7) is 4.23. The maximum atomic E-state index is 12.9. The third-order valence-corrected chi connectivity index (χ3v) is 3.74. The zero-order valence-corrected chi connectivity index (χ0v) is 11.3. The Morgan fingerprint density at radius 1 is 1.41 bits per heavy atom. The molecule has 0 fully saturated rings. The quantitative estimate of drug-likeness (QED) is 0.790. The molecular weight excluding hydrogens is 257 g/mol. The molecule has 0 amide bonds. The lowest BCUT2D eigenvalue weighted by atomic mass is 10.1. The predicted octanol–water partition coefficient (Wildman–Crippen LogP) is 4.65. The van der Waals surface area contributed by atoms with E-state index in [1.165, 1.54) is 12.1 Å². The monoisotopic (exact) mass is 269 g/mol. The number of aromatic nitrogens is 1. The van der Waals surface area contributed by atoms with Crippen LogP contribution < -0.4 is 0 Å². The Balaban J connectivity index is 2.19. The van der Waals surface area contributed by atoms with Crippen LogP contribution in [-0.4, -0.2) is 4.98 Å². The second-order valence-electron chi connectivity index (χ2n) is 4.23. The van der Waals surface area contributed by atoms with Gasteiger partial charge in [0.15, 0.2) is 0 Å². The summed E-state index contributed by atoms with van der Waals surface area (Å²) >= 11 is 7.61. The summed E-state index contributed by atoms with van der Waals surface area (Å²) in [6.07, 6.45) is 0.663. The van der Waals surface area contributed by atoms with E-state index in [4.69, 9.17) is 11.6 Å². The molecule has 0 saturated carbocycles. The molecule has 17 heavy (non-hydrogen) atoms. The van der Waals surface area contributed by atoms with Gasteiger partial charge in [0.2, 0.25) is 0 Å². The van der Waals surface area contributed by atoms with Crippen LogP contribution in [0.3, 0.4) is 0 Å². The largest absolute Gasteiger partial charge is 0.246 e. The van der Waals surface area contributed by atoms with Gasteiger partial charge >= 0.3 is 0 Å². The van der Waals surface area contributed by atoms with Crippen molar-refractivity contribution in [1.82, 2.24) is 4.98 Å². The van der Waals surface area contributed by atoms with E-state index in [1.54, 1.807) is 17.4 Å². The molecule has 0 aliphatic heterocycles. The average Bonchev–Trinajstić information content (AvgIpc) is 2.71. The molecule has 1 aromatic carbocycles. The van der Waals surface area contributed by atoms with Gasteiger partial charge in [-0.1, -0.05) is 31.5 Å². The second-order valence-corrected chi connectivity index (χ2v) is 5.58. The van der Waals surface area contributed by atoms with Crippen molar-refractivity contribution in [2.24, 2.45) is 0 Å². The average molecular weight is 270 g/mol. The van der Waals surface area contributed by atoms with Crippen molar-refractivity contribution < 1.29 is 4.39 Å². The highest BCUT2D eigenvalue weighted by molar-refractivity contribution is 7.09. The summed E-state index contributed by atoms with van der Waals surface area (Å²) in [7, 11) is 0. The first-order valence-electron chi connectivity index (χ1n) is 5.44. The van der Waals surface area contributed by atoms with Crippen molar-refractivity contribution in [3.8, 4) is 0 Å². The standard InChI is InChI=1S/C13H13ClFNS/c1-8(2)12-7-17-13(16-12)5-9-3-4-10(15)6-11(9)14/h3-4,6-8H,5H2,1-2H3. The number of benzene rings is 1. The van der Waals surface area contributed by atoms with E-state index < -0.39 is 0 Å². The number of nitrogens with zero attached hydrogens (tertiary/aromatic N) is 1. The molecule has 0 bridgehead atoms. The highest BCUT2D eigenvalue weighted by Gasteiger charge is 2.08. The molecular formula is C13H13ClFNS. The number of rotatable bonds is 3. The van der Waals surface area contributed by atoms with Crippen LogP contribution in [0, 0.1) is 5.82 Å².